The average Bonchev–Trinajstić information content (AvgIpc) is 2.26. The predicted octanol–water partition coefficient (Wildman–Crippen LogP) is 2.61. The predicted molar refractivity (Wildman–Crippen MR) is 73.8 cm³/mol. The molecule has 19 heavy (non-hydrogen) atoms. The van der Waals surface area contributed by atoms with Crippen LogP contribution in [0.15, 0.2) is 12.7 Å². The minimum atomic E-state index is -0.787. The molecule has 0 aromatic rings. The molecule has 0 spiro atoms. The van der Waals surface area contributed by atoms with Crippen LogP contribution in [0.2, 0.25) is 0 Å². The summed E-state index contributed by atoms with van der Waals surface area (Å²) in [6, 6.07) is -0.787. The standard InChI is InChI=1S/C14H25NO4/c1-9-14(5,6)10(11(16)18-8)15(7)12(17)19-13(2,3)4/h9-10H,1H2,2-8H3/t10-/m1/s1. The Hall–Kier alpha value is -1.52. The van der Waals surface area contributed by atoms with Crippen molar-refractivity contribution in [1.82, 2.24) is 4.90 Å². The Bertz CT molecular complexity index is 355. The molecule has 0 saturated heterocycles. The van der Waals surface area contributed by atoms with Gasteiger partial charge in [-0.1, -0.05) is 19.9 Å². The van der Waals surface area contributed by atoms with Crippen LogP contribution < -0.4 is 0 Å². The number of hydrogen-bond donors (Lipinski definition) is 0. The topological polar surface area (TPSA) is 55.8 Å². The van der Waals surface area contributed by atoms with Crippen molar-refractivity contribution >= 4 is 12.1 Å². The fraction of sp³-hybridized carbons (Fsp3) is 0.714. The Morgan fingerprint density at radius 2 is 1.68 bits per heavy atom. The molecule has 0 aliphatic rings. The molecule has 0 fully saturated rings. The molecule has 0 aromatic carbocycles. The molecule has 5 nitrogen and oxygen atoms in total. The number of amides is 1. The SMILES string of the molecule is C=CC(C)(C)[C@@H](C(=O)OC)N(C)C(=O)OC(C)(C)C. The summed E-state index contributed by atoms with van der Waals surface area (Å²) in [5.74, 6) is -0.502. The second kappa shape index (κ2) is 6.08. The summed E-state index contributed by atoms with van der Waals surface area (Å²) >= 11 is 0. The zero-order valence-corrected chi connectivity index (χ0v) is 12.9. The molecule has 0 rings (SSSR count). The smallest absolute Gasteiger partial charge is 0.410 e. The Balaban J connectivity index is 5.24. The number of esters is 1. The number of ether oxygens (including phenoxy) is 2. The molecule has 1 atom stereocenters. The van der Waals surface area contributed by atoms with E-state index in [9.17, 15) is 9.59 Å². The molecule has 0 aliphatic carbocycles. The first-order valence-corrected chi connectivity index (χ1v) is 6.13. The fourth-order valence-corrected chi connectivity index (χ4v) is 1.62. The Morgan fingerprint density at radius 3 is 2.00 bits per heavy atom. The molecule has 0 aliphatic heterocycles. The minimum Gasteiger partial charge on any atom is -0.467 e. The van der Waals surface area contributed by atoms with Gasteiger partial charge in [-0.2, -0.15) is 0 Å². The van der Waals surface area contributed by atoms with Crippen molar-refractivity contribution in [2.75, 3.05) is 14.2 Å². The van der Waals surface area contributed by atoms with Crippen LogP contribution in [0.4, 0.5) is 4.79 Å². The molecule has 1 amide bonds. The summed E-state index contributed by atoms with van der Waals surface area (Å²) in [4.78, 5) is 25.2. The molecule has 0 saturated carbocycles. The van der Waals surface area contributed by atoms with Gasteiger partial charge >= 0.3 is 12.1 Å². The summed E-state index contributed by atoms with van der Waals surface area (Å²) in [6.45, 7) is 12.6. The van der Waals surface area contributed by atoms with Crippen LogP contribution in [0.25, 0.3) is 0 Å². The number of carbonyl (C=O) groups is 2. The van der Waals surface area contributed by atoms with E-state index in [0.717, 1.165) is 0 Å². The van der Waals surface area contributed by atoms with Crippen LogP contribution in [0, 0.1) is 5.41 Å². The summed E-state index contributed by atoms with van der Waals surface area (Å²) in [5, 5.41) is 0. The van der Waals surface area contributed by atoms with Crippen molar-refractivity contribution in [3.05, 3.63) is 12.7 Å². The van der Waals surface area contributed by atoms with E-state index in [-0.39, 0.29) is 0 Å². The van der Waals surface area contributed by atoms with E-state index in [2.05, 4.69) is 6.58 Å². The van der Waals surface area contributed by atoms with Gasteiger partial charge in [-0.25, -0.2) is 9.59 Å². The van der Waals surface area contributed by atoms with Crippen LogP contribution in [0.3, 0.4) is 0 Å². The third-order valence-electron chi connectivity index (χ3n) is 2.72. The van der Waals surface area contributed by atoms with Crippen molar-refractivity contribution in [1.29, 1.82) is 0 Å². The largest absolute Gasteiger partial charge is 0.467 e. The molecule has 0 unspecified atom stereocenters. The Morgan fingerprint density at radius 1 is 1.21 bits per heavy atom. The Kier molecular flexibility index (Phi) is 5.60. The van der Waals surface area contributed by atoms with E-state index in [1.807, 2.05) is 13.8 Å². The highest BCUT2D eigenvalue weighted by Gasteiger charge is 2.40. The van der Waals surface area contributed by atoms with E-state index in [0.29, 0.717) is 0 Å². The second-order valence-electron chi connectivity index (χ2n) is 6.04. The maximum Gasteiger partial charge on any atom is 0.410 e. The van der Waals surface area contributed by atoms with Gasteiger partial charge in [-0.05, 0) is 20.8 Å². The Labute approximate surface area is 115 Å². The van der Waals surface area contributed by atoms with Gasteiger partial charge in [0.2, 0.25) is 0 Å². The van der Waals surface area contributed by atoms with Crippen LogP contribution in [-0.4, -0.2) is 42.8 Å². The minimum absolute atomic E-state index is 0.502. The van der Waals surface area contributed by atoms with Crippen molar-refractivity contribution in [2.45, 2.75) is 46.3 Å². The van der Waals surface area contributed by atoms with Crippen LogP contribution in [0.1, 0.15) is 34.6 Å². The van der Waals surface area contributed by atoms with E-state index in [1.54, 1.807) is 26.8 Å². The first-order valence-electron chi connectivity index (χ1n) is 6.13. The molecule has 0 radical (unpaired) electrons. The van der Waals surface area contributed by atoms with E-state index < -0.39 is 29.1 Å². The van der Waals surface area contributed by atoms with Crippen LogP contribution in [-0.2, 0) is 14.3 Å². The lowest BCUT2D eigenvalue weighted by Gasteiger charge is -2.36. The molecule has 0 N–H and O–H groups in total. The van der Waals surface area contributed by atoms with Crippen molar-refractivity contribution < 1.29 is 19.1 Å². The lowest BCUT2D eigenvalue weighted by molar-refractivity contribution is -0.149. The number of nitrogens with zero attached hydrogens (tertiary/aromatic N) is 1. The first-order chi connectivity index (χ1) is 8.46. The number of carbonyl (C=O) groups excluding carboxylic acids is 2. The molecular weight excluding hydrogens is 246 g/mol. The van der Waals surface area contributed by atoms with Gasteiger partial charge < -0.3 is 9.47 Å². The summed E-state index contributed by atoms with van der Waals surface area (Å²) in [6.07, 6.45) is 1.05. The van der Waals surface area contributed by atoms with Gasteiger partial charge in [0.25, 0.3) is 0 Å². The molecular formula is C14H25NO4. The van der Waals surface area contributed by atoms with Crippen LogP contribution in [0.5, 0.6) is 0 Å². The van der Waals surface area contributed by atoms with Crippen molar-refractivity contribution in [2.24, 2.45) is 5.41 Å². The van der Waals surface area contributed by atoms with Crippen molar-refractivity contribution in [3.63, 3.8) is 0 Å². The monoisotopic (exact) mass is 271 g/mol. The van der Waals surface area contributed by atoms with Crippen molar-refractivity contribution in [3.8, 4) is 0 Å². The van der Waals surface area contributed by atoms with E-state index >= 15 is 0 Å². The maximum absolute atomic E-state index is 12.0. The second-order valence-corrected chi connectivity index (χ2v) is 6.04. The third kappa shape index (κ3) is 4.93. The van der Waals surface area contributed by atoms with Gasteiger partial charge in [-0.3, -0.25) is 4.90 Å². The van der Waals surface area contributed by atoms with Gasteiger partial charge in [0.15, 0.2) is 0 Å². The molecule has 0 bridgehead atoms. The van der Waals surface area contributed by atoms with Crippen LogP contribution >= 0.6 is 0 Å². The molecule has 0 heterocycles. The van der Waals surface area contributed by atoms with Gasteiger partial charge in [0.05, 0.1) is 7.11 Å². The molecule has 110 valence electrons. The number of hydrogen-bond acceptors (Lipinski definition) is 4. The summed E-state index contributed by atoms with van der Waals surface area (Å²) in [5.41, 5.74) is -1.25. The zero-order valence-electron chi connectivity index (χ0n) is 12.9. The lowest BCUT2D eigenvalue weighted by atomic mass is 9.84. The van der Waals surface area contributed by atoms with E-state index in [4.69, 9.17) is 9.47 Å². The number of likely N-dealkylation sites (N-methyl/N-ethyl adjacent to an activating group) is 1. The van der Waals surface area contributed by atoms with Gasteiger partial charge in [0, 0.05) is 12.5 Å². The lowest BCUT2D eigenvalue weighted by Crippen LogP contribution is -2.52. The van der Waals surface area contributed by atoms with Gasteiger partial charge in [0.1, 0.15) is 11.6 Å². The normalized spacial score (nSPS) is 13.4. The summed E-state index contributed by atoms with van der Waals surface area (Å²) in [7, 11) is 2.80. The first kappa shape index (κ1) is 17.5. The molecule has 5 heteroatoms. The number of methoxy groups -OCH3 is 1. The fourth-order valence-electron chi connectivity index (χ4n) is 1.62. The van der Waals surface area contributed by atoms with Gasteiger partial charge in [-0.15, -0.1) is 6.58 Å². The molecule has 0 aromatic heterocycles. The quantitative estimate of drug-likeness (QED) is 0.582. The third-order valence-corrected chi connectivity index (χ3v) is 2.72. The maximum atomic E-state index is 12.0. The zero-order chi connectivity index (χ0) is 15.4. The average molecular weight is 271 g/mol. The highest BCUT2D eigenvalue weighted by molar-refractivity contribution is 5.82. The number of rotatable bonds is 4. The summed E-state index contributed by atoms with van der Waals surface area (Å²) < 4.78 is 10.0. The highest BCUT2D eigenvalue weighted by Crippen LogP contribution is 2.27. The highest BCUT2D eigenvalue weighted by atomic mass is 16.6. The van der Waals surface area contributed by atoms with E-state index in [1.165, 1.54) is 19.1 Å².